The van der Waals surface area contributed by atoms with Gasteiger partial charge in [-0.15, -0.1) is 10.2 Å². The molecule has 0 N–H and O–H groups in total. The first-order chi connectivity index (χ1) is 9.58. The predicted molar refractivity (Wildman–Crippen MR) is 66.6 cm³/mol. The number of aromatic nitrogens is 4. The van der Waals surface area contributed by atoms with Gasteiger partial charge in [-0.2, -0.15) is 10.5 Å². The zero-order valence-corrected chi connectivity index (χ0v) is 10.8. The smallest absolute Gasteiger partial charge is 0.273 e. The summed E-state index contributed by atoms with van der Waals surface area (Å²) in [5, 5.41) is 25.5. The third-order valence-electron chi connectivity index (χ3n) is 2.50. The van der Waals surface area contributed by atoms with E-state index < -0.39 is 0 Å². The van der Waals surface area contributed by atoms with Crippen molar-refractivity contribution < 1.29 is 4.79 Å². The van der Waals surface area contributed by atoms with Crippen LogP contribution in [0.4, 0.5) is 0 Å². The standard InChI is InChI=1S/C12H9N7O/c1-18(2)12(20)8-3-4-11(17-16-8)19-7-15-9(5-13)10(19)6-14/h3-4,7H,1-2H3. The maximum atomic E-state index is 11.7. The largest absolute Gasteiger partial charge is 0.343 e. The lowest BCUT2D eigenvalue weighted by Crippen LogP contribution is -2.23. The molecule has 1 amide bonds. The molecule has 98 valence electrons. The molecule has 0 spiro atoms. The van der Waals surface area contributed by atoms with E-state index in [0.717, 1.165) is 0 Å². The van der Waals surface area contributed by atoms with Gasteiger partial charge in [-0.25, -0.2) is 4.98 Å². The number of hydrogen-bond donors (Lipinski definition) is 0. The van der Waals surface area contributed by atoms with Crippen LogP contribution in [0.1, 0.15) is 21.9 Å². The fourth-order valence-corrected chi connectivity index (χ4v) is 1.51. The SMILES string of the molecule is CN(C)C(=O)c1ccc(-n2cnc(C#N)c2C#N)nn1. The van der Waals surface area contributed by atoms with Crippen molar-refractivity contribution >= 4 is 5.91 Å². The van der Waals surface area contributed by atoms with E-state index in [-0.39, 0.29) is 23.0 Å². The van der Waals surface area contributed by atoms with Crippen LogP contribution >= 0.6 is 0 Å². The van der Waals surface area contributed by atoms with Gasteiger partial charge >= 0.3 is 0 Å². The fourth-order valence-electron chi connectivity index (χ4n) is 1.51. The van der Waals surface area contributed by atoms with Gasteiger partial charge in [0.1, 0.15) is 18.5 Å². The topological polar surface area (TPSA) is 111 Å². The Morgan fingerprint density at radius 2 is 2.00 bits per heavy atom. The summed E-state index contributed by atoms with van der Waals surface area (Å²) < 4.78 is 1.34. The van der Waals surface area contributed by atoms with Crippen LogP contribution in [0.15, 0.2) is 18.5 Å². The number of nitriles is 2. The Bertz CT molecular complexity index is 731. The first-order valence-electron chi connectivity index (χ1n) is 5.51. The first-order valence-corrected chi connectivity index (χ1v) is 5.51. The van der Waals surface area contributed by atoms with Crippen LogP contribution in [-0.4, -0.2) is 44.7 Å². The van der Waals surface area contributed by atoms with Crippen LogP contribution in [0.25, 0.3) is 5.82 Å². The van der Waals surface area contributed by atoms with Crippen molar-refractivity contribution in [2.45, 2.75) is 0 Å². The number of nitrogens with zero attached hydrogens (tertiary/aromatic N) is 7. The third-order valence-corrected chi connectivity index (χ3v) is 2.50. The second-order valence-electron chi connectivity index (χ2n) is 4.01. The van der Waals surface area contributed by atoms with Crippen molar-refractivity contribution in [2.75, 3.05) is 14.1 Å². The summed E-state index contributed by atoms with van der Waals surface area (Å²) in [5.74, 6) is 0.0405. The molecule has 8 nitrogen and oxygen atoms in total. The molecule has 2 heterocycles. The molecule has 20 heavy (non-hydrogen) atoms. The molecule has 0 saturated heterocycles. The predicted octanol–water partition coefficient (Wildman–Crippen LogP) is 0.107. The van der Waals surface area contributed by atoms with Crippen molar-refractivity contribution in [1.82, 2.24) is 24.6 Å². The maximum Gasteiger partial charge on any atom is 0.273 e. The number of rotatable bonds is 2. The fraction of sp³-hybridized carbons (Fsp3) is 0.167. The Morgan fingerprint density at radius 3 is 2.50 bits per heavy atom. The zero-order valence-electron chi connectivity index (χ0n) is 10.8. The van der Waals surface area contributed by atoms with E-state index in [9.17, 15) is 4.79 Å². The summed E-state index contributed by atoms with van der Waals surface area (Å²) in [4.78, 5) is 16.9. The van der Waals surface area contributed by atoms with E-state index in [4.69, 9.17) is 10.5 Å². The molecule has 2 aromatic heterocycles. The minimum Gasteiger partial charge on any atom is -0.343 e. The number of imidazole rings is 1. The highest BCUT2D eigenvalue weighted by atomic mass is 16.2. The number of carbonyl (C=O) groups is 1. The average Bonchev–Trinajstić information content (AvgIpc) is 2.89. The van der Waals surface area contributed by atoms with Crippen molar-refractivity contribution in [3.63, 3.8) is 0 Å². The Balaban J connectivity index is 2.42. The van der Waals surface area contributed by atoms with E-state index in [1.54, 1.807) is 14.1 Å². The van der Waals surface area contributed by atoms with Crippen molar-refractivity contribution in [2.24, 2.45) is 0 Å². The highest BCUT2D eigenvalue weighted by Crippen LogP contribution is 2.11. The highest BCUT2D eigenvalue weighted by molar-refractivity contribution is 5.91. The van der Waals surface area contributed by atoms with Crippen molar-refractivity contribution in [1.29, 1.82) is 10.5 Å². The van der Waals surface area contributed by atoms with Crippen LogP contribution < -0.4 is 0 Å². The van der Waals surface area contributed by atoms with Crippen LogP contribution in [0.2, 0.25) is 0 Å². The third kappa shape index (κ3) is 2.18. The summed E-state index contributed by atoms with van der Waals surface area (Å²) in [6.45, 7) is 0. The molecule has 2 aromatic rings. The summed E-state index contributed by atoms with van der Waals surface area (Å²) in [6.07, 6.45) is 1.31. The van der Waals surface area contributed by atoms with E-state index in [1.807, 2.05) is 12.1 Å². The Morgan fingerprint density at radius 1 is 1.25 bits per heavy atom. The van der Waals surface area contributed by atoms with E-state index in [1.165, 1.54) is 27.9 Å². The minimum atomic E-state index is -0.270. The molecule has 0 aliphatic rings. The molecule has 0 atom stereocenters. The second kappa shape index (κ2) is 5.16. The minimum absolute atomic E-state index is 0.0164. The van der Waals surface area contributed by atoms with Gasteiger partial charge in [0.2, 0.25) is 0 Å². The van der Waals surface area contributed by atoms with E-state index in [2.05, 4.69) is 15.2 Å². The lowest BCUT2D eigenvalue weighted by Gasteiger charge is -2.09. The van der Waals surface area contributed by atoms with E-state index in [0.29, 0.717) is 5.82 Å². The number of hydrogen-bond acceptors (Lipinski definition) is 6. The summed E-state index contributed by atoms with van der Waals surface area (Å²) in [5.41, 5.74) is 0.286. The lowest BCUT2D eigenvalue weighted by atomic mass is 10.3. The molecule has 0 unspecified atom stereocenters. The quantitative estimate of drug-likeness (QED) is 0.763. The summed E-state index contributed by atoms with van der Waals surface area (Å²) >= 11 is 0. The zero-order chi connectivity index (χ0) is 14.7. The Hall–Kier alpha value is -3.26. The normalized spacial score (nSPS) is 9.60. The monoisotopic (exact) mass is 267 g/mol. The molecule has 0 radical (unpaired) electrons. The molecule has 0 fully saturated rings. The highest BCUT2D eigenvalue weighted by Gasteiger charge is 2.14. The van der Waals surface area contributed by atoms with Crippen LogP contribution in [0.3, 0.4) is 0 Å². The summed E-state index contributed by atoms with van der Waals surface area (Å²) in [6, 6.07) is 6.73. The lowest BCUT2D eigenvalue weighted by molar-refractivity contribution is 0.0821. The number of amides is 1. The molecular weight excluding hydrogens is 258 g/mol. The molecule has 8 heteroatoms. The summed E-state index contributed by atoms with van der Waals surface area (Å²) in [7, 11) is 3.22. The maximum absolute atomic E-state index is 11.7. The van der Waals surface area contributed by atoms with Gasteiger partial charge in [0.05, 0.1) is 0 Å². The Labute approximate surface area is 114 Å². The van der Waals surface area contributed by atoms with Gasteiger partial charge in [-0.1, -0.05) is 0 Å². The molecule has 2 rings (SSSR count). The van der Waals surface area contributed by atoms with Crippen LogP contribution in [0.5, 0.6) is 0 Å². The van der Waals surface area contributed by atoms with Gasteiger partial charge in [-0.05, 0) is 12.1 Å². The molecule has 0 saturated carbocycles. The van der Waals surface area contributed by atoms with E-state index >= 15 is 0 Å². The second-order valence-corrected chi connectivity index (χ2v) is 4.01. The van der Waals surface area contributed by atoms with Crippen LogP contribution in [0, 0.1) is 22.7 Å². The number of carbonyl (C=O) groups excluding carboxylic acids is 1. The molecule has 0 aliphatic heterocycles. The molecular formula is C12H9N7O. The van der Waals surface area contributed by atoms with Crippen molar-refractivity contribution in [3.05, 3.63) is 35.5 Å². The van der Waals surface area contributed by atoms with Gasteiger partial charge in [-0.3, -0.25) is 9.36 Å². The van der Waals surface area contributed by atoms with Gasteiger partial charge in [0.25, 0.3) is 5.91 Å². The Kier molecular flexibility index (Phi) is 3.40. The molecule has 0 aromatic carbocycles. The van der Waals surface area contributed by atoms with Crippen LogP contribution in [-0.2, 0) is 0 Å². The first kappa shape index (κ1) is 13.2. The van der Waals surface area contributed by atoms with Gasteiger partial charge < -0.3 is 4.90 Å². The molecule has 0 bridgehead atoms. The average molecular weight is 267 g/mol. The van der Waals surface area contributed by atoms with Gasteiger partial charge in [0.15, 0.2) is 22.9 Å². The molecule has 0 aliphatic carbocycles. The van der Waals surface area contributed by atoms with Gasteiger partial charge in [0, 0.05) is 14.1 Å². The van der Waals surface area contributed by atoms with Crippen molar-refractivity contribution in [3.8, 4) is 18.0 Å².